The lowest BCUT2D eigenvalue weighted by Gasteiger charge is -2.20. The molecular weight excluding hydrogens is 518 g/mol. The molecule has 8 nitrogen and oxygen atoms in total. The lowest BCUT2D eigenvalue weighted by molar-refractivity contribution is -0.117. The minimum Gasteiger partial charge on any atom is -0.335 e. The van der Waals surface area contributed by atoms with Crippen molar-refractivity contribution < 1.29 is 4.79 Å². The second kappa shape index (κ2) is 10.3. The summed E-state index contributed by atoms with van der Waals surface area (Å²) >= 11 is 1.75. The van der Waals surface area contributed by atoms with Crippen LogP contribution in [-0.2, 0) is 4.79 Å². The average molecular weight is 548 g/mol. The zero-order chi connectivity index (χ0) is 27.1. The Kier molecular flexibility index (Phi) is 6.36. The number of aromatic nitrogens is 6. The third kappa shape index (κ3) is 4.77. The van der Waals surface area contributed by atoms with Crippen LogP contribution in [0.5, 0.6) is 0 Å². The fourth-order valence-corrected chi connectivity index (χ4v) is 6.61. The first kappa shape index (κ1) is 24.7. The molecule has 1 aliphatic rings. The van der Waals surface area contributed by atoms with Gasteiger partial charge in [0.25, 0.3) is 0 Å². The van der Waals surface area contributed by atoms with Crippen LogP contribution in [0, 0.1) is 12.8 Å². The molecule has 1 amide bonds. The summed E-state index contributed by atoms with van der Waals surface area (Å²) < 4.78 is 0. The fraction of sp³-hybridized carbons (Fsp3) is 0.258. The van der Waals surface area contributed by atoms with Gasteiger partial charge < -0.3 is 10.3 Å². The Hall–Kier alpha value is -4.37. The highest BCUT2D eigenvalue weighted by atomic mass is 32.1. The Bertz CT molecular complexity index is 1840. The number of anilines is 1. The number of thiophene rings is 1. The van der Waals surface area contributed by atoms with Crippen molar-refractivity contribution in [1.82, 2.24) is 30.1 Å². The Morgan fingerprint density at radius 2 is 1.95 bits per heavy atom. The minimum atomic E-state index is 0.0639. The summed E-state index contributed by atoms with van der Waals surface area (Å²) in [4.78, 5) is 32.3. The van der Waals surface area contributed by atoms with Gasteiger partial charge in [0.15, 0.2) is 11.5 Å². The third-order valence-electron chi connectivity index (χ3n) is 7.74. The number of imidazole rings is 1. The number of amides is 1. The van der Waals surface area contributed by atoms with E-state index in [0.29, 0.717) is 29.5 Å². The van der Waals surface area contributed by atoms with Crippen molar-refractivity contribution in [3.63, 3.8) is 0 Å². The molecule has 1 fully saturated rings. The van der Waals surface area contributed by atoms with Gasteiger partial charge in [-0.3, -0.25) is 14.9 Å². The van der Waals surface area contributed by atoms with E-state index in [1.54, 1.807) is 23.7 Å². The van der Waals surface area contributed by atoms with Gasteiger partial charge in [-0.15, -0.1) is 11.3 Å². The summed E-state index contributed by atoms with van der Waals surface area (Å²) in [5.41, 5.74) is 6.89. The van der Waals surface area contributed by atoms with Gasteiger partial charge in [-0.05, 0) is 67.6 Å². The van der Waals surface area contributed by atoms with Crippen molar-refractivity contribution in [1.29, 1.82) is 0 Å². The Morgan fingerprint density at radius 3 is 2.80 bits per heavy atom. The number of rotatable bonds is 6. The molecule has 0 bridgehead atoms. The van der Waals surface area contributed by atoms with Crippen molar-refractivity contribution in [2.45, 2.75) is 45.4 Å². The second-order valence-electron chi connectivity index (χ2n) is 10.6. The highest BCUT2D eigenvalue weighted by Gasteiger charge is 2.19. The monoisotopic (exact) mass is 547 g/mol. The van der Waals surface area contributed by atoms with Crippen molar-refractivity contribution in [3.8, 4) is 33.1 Å². The largest absolute Gasteiger partial charge is 0.335 e. The van der Waals surface area contributed by atoms with Crippen molar-refractivity contribution in [2.75, 3.05) is 5.32 Å². The summed E-state index contributed by atoms with van der Waals surface area (Å²) in [6, 6.07) is 14.4. The van der Waals surface area contributed by atoms with Crippen LogP contribution in [0.1, 0.15) is 43.4 Å². The molecule has 9 heteroatoms. The average Bonchev–Trinajstić information content (AvgIpc) is 3.71. The SMILES string of the molecule is Cc1ccc(-c2ccnc3nc(-c4n[nH]c5ccc(-c6cncc(NC(=O)CC7CCCCC7)c6)cc45)[nH]c23)s1. The Labute approximate surface area is 235 Å². The van der Waals surface area contributed by atoms with Crippen molar-refractivity contribution in [2.24, 2.45) is 5.92 Å². The topological polar surface area (TPSA) is 112 Å². The molecule has 3 N–H and O–H groups in total. The quantitative estimate of drug-likeness (QED) is 0.200. The molecule has 7 rings (SSSR count). The van der Waals surface area contributed by atoms with Crippen LogP contribution < -0.4 is 5.32 Å². The maximum atomic E-state index is 12.7. The molecule has 5 heterocycles. The van der Waals surface area contributed by atoms with E-state index >= 15 is 0 Å². The van der Waals surface area contributed by atoms with Crippen LogP contribution in [0.25, 0.3) is 55.2 Å². The molecule has 0 aliphatic heterocycles. The molecule has 40 heavy (non-hydrogen) atoms. The van der Waals surface area contributed by atoms with Gasteiger partial charge in [-0.25, -0.2) is 9.97 Å². The lowest BCUT2D eigenvalue weighted by atomic mass is 9.87. The molecule has 1 saturated carbocycles. The van der Waals surface area contributed by atoms with E-state index in [2.05, 4.69) is 55.6 Å². The van der Waals surface area contributed by atoms with Gasteiger partial charge in [0.2, 0.25) is 5.91 Å². The third-order valence-corrected chi connectivity index (χ3v) is 8.77. The smallest absolute Gasteiger partial charge is 0.224 e. The normalized spacial score (nSPS) is 14.2. The first-order valence-electron chi connectivity index (χ1n) is 13.8. The summed E-state index contributed by atoms with van der Waals surface area (Å²) in [5, 5.41) is 11.7. The maximum Gasteiger partial charge on any atom is 0.224 e. The van der Waals surface area contributed by atoms with E-state index in [1.807, 2.05) is 30.5 Å². The number of nitrogens with one attached hydrogen (secondary N) is 3. The number of carbonyl (C=O) groups is 1. The molecule has 6 aromatic rings. The first-order chi connectivity index (χ1) is 19.6. The van der Waals surface area contributed by atoms with E-state index in [0.717, 1.165) is 51.6 Å². The summed E-state index contributed by atoms with van der Waals surface area (Å²) in [7, 11) is 0. The number of pyridine rings is 2. The Balaban J connectivity index is 1.19. The number of hydrogen-bond donors (Lipinski definition) is 3. The molecule has 0 radical (unpaired) electrons. The highest BCUT2D eigenvalue weighted by molar-refractivity contribution is 7.15. The number of aromatic amines is 2. The molecule has 1 aromatic carbocycles. The maximum absolute atomic E-state index is 12.7. The zero-order valence-corrected chi connectivity index (χ0v) is 23.0. The number of nitrogens with zero attached hydrogens (tertiary/aromatic N) is 4. The summed E-state index contributed by atoms with van der Waals surface area (Å²) in [6.07, 6.45) is 11.9. The van der Waals surface area contributed by atoms with Crippen molar-refractivity contribution >= 4 is 45.0 Å². The van der Waals surface area contributed by atoms with Crippen LogP contribution in [-0.4, -0.2) is 36.0 Å². The minimum absolute atomic E-state index is 0.0639. The molecule has 200 valence electrons. The van der Waals surface area contributed by atoms with E-state index in [4.69, 9.17) is 4.98 Å². The molecule has 0 atom stereocenters. The number of carbonyl (C=O) groups excluding carboxylic acids is 1. The van der Waals surface area contributed by atoms with Gasteiger partial charge in [-0.2, -0.15) is 5.10 Å². The zero-order valence-electron chi connectivity index (χ0n) is 22.2. The van der Waals surface area contributed by atoms with Crippen LogP contribution in [0.2, 0.25) is 0 Å². The van der Waals surface area contributed by atoms with E-state index < -0.39 is 0 Å². The predicted molar refractivity (Wildman–Crippen MR) is 160 cm³/mol. The predicted octanol–water partition coefficient (Wildman–Crippen LogP) is 7.51. The summed E-state index contributed by atoms with van der Waals surface area (Å²) in [6.45, 7) is 2.11. The number of hydrogen-bond acceptors (Lipinski definition) is 6. The molecular formula is C31H29N7OS. The number of aryl methyl sites for hydroxylation is 1. The second-order valence-corrected chi connectivity index (χ2v) is 11.9. The molecule has 0 spiro atoms. The van der Waals surface area contributed by atoms with Gasteiger partial charge >= 0.3 is 0 Å². The Morgan fingerprint density at radius 1 is 1.05 bits per heavy atom. The van der Waals surface area contributed by atoms with E-state index in [-0.39, 0.29) is 5.91 Å². The highest BCUT2D eigenvalue weighted by Crippen LogP contribution is 2.35. The first-order valence-corrected chi connectivity index (χ1v) is 14.6. The van der Waals surface area contributed by atoms with E-state index in [1.165, 1.54) is 29.0 Å². The van der Waals surface area contributed by atoms with Gasteiger partial charge in [0.05, 0.1) is 22.9 Å². The van der Waals surface area contributed by atoms with Gasteiger partial charge in [-0.1, -0.05) is 25.3 Å². The van der Waals surface area contributed by atoms with Gasteiger partial charge in [0.1, 0.15) is 5.69 Å². The number of H-pyrrole nitrogens is 2. The van der Waals surface area contributed by atoms with Crippen molar-refractivity contribution in [3.05, 3.63) is 65.9 Å². The van der Waals surface area contributed by atoms with Gasteiger partial charge in [0, 0.05) is 45.1 Å². The van der Waals surface area contributed by atoms with E-state index in [9.17, 15) is 4.79 Å². The van der Waals surface area contributed by atoms with Crippen LogP contribution in [0.15, 0.2) is 61.1 Å². The molecule has 0 unspecified atom stereocenters. The van der Waals surface area contributed by atoms with Crippen LogP contribution in [0.4, 0.5) is 5.69 Å². The molecule has 0 saturated heterocycles. The lowest BCUT2D eigenvalue weighted by Crippen LogP contribution is -2.18. The van der Waals surface area contributed by atoms with Crippen LogP contribution in [0.3, 0.4) is 0 Å². The van der Waals surface area contributed by atoms with Crippen LogP contribution >= 0.6 is 11.3 Å². The number of benzene rings is 1. The number of fused-ring (bicyclic) bond motifs is 2. The molecule has 5 aromatic heterocycles. The summed E-state index contributed by atoms with van der Waals surface area (Å²) in [5.74, 6) is 1.22. The molecule has 1 aliphatic carbocycles. The standard InChI is InChI=1S/C31H29N7OS/c1-18-7-10-26(40-18)23-11-12-33-30-28(23)35-31(36-30)29-24-15-20(8-9-25(24)37-38-29)21-14-22(17-32-16-21)34-27(39)13-19-5-3-2-4-6-19/h7-12,14-17,19H,2-6,13H2,1H3,(H,34,39)(H,37,38)(H,33,35,36). The fourth-order valence-electron chi connectivity index (χ4n) is 5.71.